The first-order chi connectivity index (χ1) is 8.66. The number of nitrogens with one attached hydrogen (secondary N) is 1. The molecule has 1 atom stereocenters. The summed E-state index contributed by atoms with van der Waals surface area (Å²) in [6, 6.07) is 8.90. The lowest BCUT2D eigenvalue weighted by Crippen LogP contribution is -2.45. The van der Waals surface area contributed by atoms with Gasteiger partial charge in [-0.2, -0.15) is 0 Å². The molecule has 3 heteroatoms. The van der Waals surface area contributed by atoms with Crippen LogP contribution in [0, 0.1) is 5.92 Å². The normalized spacial score (nSPS) is 19.1. The van der Waals surface area contributed by atoms with Gasteiger partial charge in [-0.1, -0.05) is 37.6 Å². The van der Waals surface area contributed by atoms with Crippen LogP contribution < -0.4 is 5.32 Å². The number of benzene rings is 1. The van der Waals surface area contributed by atoms with Crippen molar-refractivity contribution in [1.82, 2.24) is 10.2 Å². The van der Waals surface area contributed by atoms with E-state index in [2.05, 4.69) is 36.2 Å². The summed E-state index contributed by atoms with van der Waals surface area (Å²) >= 11 is 5.98. The standard InChI is InChI=1S/C15H23ClN2/c1-12(2)11-15(18-9-7-17-8-10-18)13-3-5-14(16)6-4-13/h3-6,12,15,17H,7-11H2,1-2H3/t15-/m1/s1. The molecule has 2 nitrogen and oxygen atoms in total. The third-order valence-corrected chi connectivity index (χ3v) is 3.79. The van der Waals surface area contributed by atoms with Crippen LogP contribution in [0.15, 0.2) is 24.3 Å². The van der Waals surface area contributed by atoms with Gasteiger partial charge in [0.25, 0.3) is 0 Å². The highest BCUT2D eigenvalue weighted by Gasteiger charge is 2.22. The summed E-state index contributed by atoms with van der Waals surface area (Å²) in [7, 11) is 0. The van der Waals surface area contributed by atoms with E-state index >= 15 is 0 Å². The first-order valence-electron chi connectivity index (χ1n) is 6.87. The molecule has 0 amide bonds. The van der Waals surface area contributed by atoms with Crippen molar-refractivity contribution in [3.63, 3.8) is 0 Å². The van der Waals surface area contributed by atoms with Crippen LogP contribution in [0.2, 0.25) is 5.02 Å². The van der Waals surface area contributed by atoms with Crippen LogP contribution in [0.25, 0.3) is 0 Å². The molecule has 1 aliphatic heterocycles. The van der Waals surface area contributed by atoms with Gasteiger partial charge in [0, 0.05) is 37.2 Å². The summed E-state index contributed by atoms with van der Waals surface area (Å²) in [5, 5.41) is 4.24. The molecule has 100 valence electrons. The Labute approximate surface area is 115 Å². The van der Waals surface area contributed by atoms with Crippen molar-refractivity contribution in [3.8, 4) is 0 Å². The minimum absolute atomic E-state index is 0.532. The number of piperazine rings is 1. The fourth-order valence-corrected chi connectivity index (χ4v) is 2.75. The lowest BCUT2D eigenvalue weighted by molar-refractivity contribution is 0.154. The minimum Gasteiger partial charge on any atom is -0.314 e. The van der Waals surface area contributed by atoms with E-state index in [1.165, 1.54) is 12.0 Å². The smallest absolute Gasteiger partial charge is 0.0406 e. The van der Waals surface area contributed by atoms with Crippen LogP contribution in [0.3, 0.4) is 0 Å². The fourth-order valence-electron chi connectivity index (χ4n) is 2.62. The van der Waals surface area contributed by atoms with E-state index in [0.717, 1.165) is 31.2 Å². The number of rotatable bonds is 4. The highest BCUT2D eigenvalue weighted by Crippen LogP contribution is 2.28. The third kappa shape index (κ3) is 3.71. The molecule has 0 aliphatic carbocycles. The first kappa shape index (κ1) is 13.9. The molecule has 18 heavy (non-hydrogen) atoms. The van der Waals surface area contributed by atoms with Gasteiger partial charge in [-0.05, 0) is 30.0 Å². The Morgan fingerprint density at radius 3 is 2.33 bits per heavy atom. The summed E-state index contributed by atoms with van der Waals surface area (Å²) < 4.78 is 0. The van der Waals surface area contributed by atoms with Crippen molar-refractivity contribution < 1.29 is 0 Å². The van der Waals surface area contributed by atoms with E-state index in [4.69, 9.17) is 11.6 Å². The van der Waals surface area contributed by atoms with Gasteiger partial charge in [-0.25, -0.2) is 0 Å². The Morgan fingerprint density at radius 1 is 1.17 bits per heavy atom. The average Bonchev–Trinajstić information content (AvgIpc) is 2.38. The Morgan fingerprint density at radius 2 is 1.78 bits per heavy atom. The van der Waals surface area contributed by atoms with Gasteiger partial charge in [0.2, 0.25) is 0 Å². The second-order valence-corrected chi connectivity index (χ2v) is 5.92. The first-order valence-corrected chi connectivity index (χ1v) is 7.25. The molecule has 1 aromatic rings. The molecular formula is C15H23ClN2. The van der Waals surface area contributed by atoms with Gasteiger partial charge < -0.3 is 5.32 Å². The Kier molecular flexibility index (Phi) is 5.04. The van der Waals surface area contributed by atoms with Gasteiger partial charge in [0.15, 0.2) is 0 Å². The summed E-state index contributed by atoms with van der Waals surface area (Å²) in [6.07, 6.45) is 1.21. The van der Waals surface area contributed by atoms with Crippen LogP contribution >= 0.6 is 11.6 Å². The zero-order valence-electron chi connectivity index (χ0n) is 11.3. The highest BCUT2D eigenvalue weighted by molar-refractivity contribution is 6.30. The average molecular weight is 267 g/mol. The van der Waals surface area contributed by atoms with Crippen molar-refractivity contribution in [2.24, 2.45) is 5.92 Å². The van der Waals surface area contributed by atoms with Crippen LogP contribution in [-0.2, 0) is 0 Å². The lowest BCUT2D eigenvalue weighted by Gasteiger charge is -2.36. The summed E-state index contributed by atoms with van der Waals surface area (Å²) in [5.41, 5.74) is 1.40. The molecule has 1 heterocycles. The van der Waals surface area contributed by atoms with Crippen LogP contribution in [0.4, 0.5) is 0 Å². The van der Waals surface area contributed by atoms with E-state index < -0.39 is 0 Å². The van der Waals surface area contributed by atoms with Gasteiger partial charge in [0.1, 0.15) is 0 Å². The Bertz CT molecular complexity index is 355. The SMILES string of the molecule is CC(C)C[C@H](c1ccc(Cl)cc1)N1CCNCC1. The van der Waals surface area contributed by atoms with Gasteiger partial charge in [-0.15, -0.1) is 0 Å². The maximum atomic E-state index is 5.98. The molecule has 0 radical (unpaired) electrons. The number of hydrogen-bond donors (Lipinski definition) is 1. The van der Waals surface area contributed by atoms with Gasteiger partial charge in [-0.3, -0.25) is 4.90 Å². The molecular weight excluding hydrogens is 244 g/mol. The van der Waals surface area contributed by atoms with Crippen molar-refractivity contribution >= 4 is 11.6 Å². The predicted octanol–water partition coefficient (Wildman–Crippen LogP) is 3.33. The van der Waals surface area contributed by atoms with E-state index in [1.54, 1.807) is 0 Å². The predicted molar refractivity (Wildman–Crippen MR) is 78.1 cm³/mol. The molecule has 0 aromatic heterocycles. The molecule has 0 bridgehead atoms. The van der Waals surface area contributed by atoms with Crippen molar-refractivity contribution in [1.29, 1.82) is 0 Å². The minimum atomic E-state index is 0.532. The molecule has 0 saturated carbocycles. The second kappa shape index (κ2) is 6.55. The molecule has 0 unspecified atom stereocenters. The van der Waals surface area contributed by atoms with Crippen molar-refractivity contribution in [3.05, 3.63) is 34.9 Å². The molecule has 0 spiro atoms. The van der Waals surface area contributed by atoms with Crippen LogP contribution in [0.1, 0.15) is 31.9 Å². The van der Waals surface area contributed by atoms with Gasteiger partial charge in [0.05, 0.1) is 0 Å². The number of nitrogens with zero attached hydrogens (tertiary/aromatic N) is 1. The molecule has 1 aromatic carbocycles. The van der Waals surface area contributed by atoms with E-state index in [1.807, 2.05) is 12.1 Å². The molecule has 2 rings (SSSR count). The zero-order valence-corrected chi connectivity index (χ0v) is 12.1. The summed E-state index contributed by atoms with van der Waals surface area (Å²) in [4.78, 5) is 2.60. The Hall–Kier alpha value is -0.570. The van der Waals surface area contributed by atoms with Crippen LogP contribution in [0.5, 0.6) is 0 Å². The zero-order chi connectivity index (χ0) is 13.0. The second-order valence-electron chi connectivity index (χ2n) is 5.48. The highest BCUT2D eigenvalue weighted by atomic mass is 35.5. The molecule has 1 N–H and O–H groups in total. The molecule has 1 aliphatic rings. The monoisotopic (exact) mass is 266 g/mol. The van der Waals surface area contributed by atoms with Crippen LogP contribution in [-0.4, -0.2) is 31.1 Å². The molecule has 1 fully saturated rings. The van der Waals surface area contributed by atoms with Gasteiger partial charge >= 0.3 is 0 Å². The quantitative estimate of drug-likeness (QED) is 0.899. The third-order valence-electron chi connectivity index (χ3n) is 3.54. The van der Waals surface area contributed by atoms with Crippen molar-refractivity contribution in [2.45, 2.75) is 26.3 Å². The maximum Gasteiger partial charge on any atom is 0.0406 e. The topological polar surface area (TPSA) is 15.3 Å². The summed E-state index contributed by atoms with van der Waals surface area (Å²) in [6.45, 7) is 9.07. The largest absolute Gasteiger partial charge is 0.314 e. The Balaban J connectivity index is 2.15. The number of hydrogen-bond acceptors (Lipinski definition) is 2. The van der Waals surface area contributed by atoms with E-state index in [0.29, 0.717) is 12.0 Å². The fraction of sp³-hybridized carbons (Fsp3) is 0.600. The lowest BCUT2D eigenvalue weighted by atomic mass is 9.95. The van der Waals surface area contributed by atoms with Crippen molar-refractivity contribution in [2.75, 3.05) is 26.2 Å². The van der Waals surface area contributed by atoms with E-state index in [9.17, 15) is 0 Å². The maximum absolute atomic E-state index is 5.98. The number of halogens is 1. The van der Waals surface area contributed by atoms with E-state index in [-0.39, 0.29) is 0 Å². The molecule has 1 saturated heterocycles. The summed E-state index contributed by atoms with van der Waals surface area (Å²) in [5.74, 6) is 0.709.